The first-order chi connectivity index (χ1) is 8.90. The van der Waals surface area contributed by atoms with Crippen LogP contribution in [-0.4, -0.2) is 27.4 Å². The van der Waals surface area contributed by atoms with Gasteiger partial charge < -0.3 is 4.74 Å². The maximum Gasteiger partial charge on any atom is 0.232 e. The van der Waals surface area contributed by atoms with Crippen molar-refractivity contribution in [1.82, 2.24) is 0 Å². The number of rotatable bonds is 8. The fourth-order valence-electron chi connectivity index (χ4n) is 3.02. The molecular weight excluding hydrogens is 284 g/mol. The molecule has 0 saturated heterocycles. The molecule has 0 bridgehead atoms. The summed E-state index contributed by atoms with van der Waals surface area (Å²) in [4.78, 5) is 0. The highest BCUT2D eigenvalue weighted by Crippen LogP contribution is 2.28. The van der Waals surface area contributed by atoms with Gasteiger partial charge >= 0.3 is 0 Å². The Kier molecular flexibility index (Phi) is 7.70. The maximum atomic E-state index is 11.1. The molecule has 3 atom stereocenters. The average Bonchev–Trinajstić information content (AvgIpc) is 2.27. The summed E-state index contributed by atoms with van der Waals surface area (Å²) in [5, 5.41) is 0. The fraction of sp³-hybridized carbons (Fsp3) is 1.00. The minimum absolute atomic E-state index is 0.0312. The second kappa shape index (κ2) is 8.48. The standard InChI is InChI=1S/C14H27ClO3S/c1-3-5-14(11-19(15,16)17)10-18-9-13-7-4-6-12(2)8-13/h12-14H,3-11H2,1-2H3. The highest BCUT2D eigenvalue weighted by Gasteiger charge is 2.21. The van der Waals surface area contributed by atoms with Gasteiger partial charge in [0.15, 0.2) is 0 Å². The van der Waals surface area contributed by atoms with Crippen LogP contribution in [0.2, 0.25) is 0 Å². The van der Waals surface area contributed by atoms with Crippen LogP contribution in [0.15, 0.2) is 0 Å². The third-order valence-corrected chi connectivity index (χ3v) is 5.13. The Labute approximate surface area is 122 Å². The van der Waals surface area contributed by atoms with Crippen LogP contribution in [0, 0.1) is 17.8 Å². The lowest BCUT2D eigenvalue weighted by Crippen LogP contribution is -2.22. The second-order valence-corrected chi connectivity index (χ2v) is 8.86. The van der Waals surface area contributed by atoms with E-state index < -0.39 is 9.05 Å². The Bertz CT molecular complexity index is 343. The van der Waals surface area contributed by atoms with Crippen LogP contribution >= 0.6 is 10.7 Å². The first-order valence-corrected chi connectivity index (χ1v) is 9.88. The van der Waals surface area contributed by atoms with Crippen LogP contribution < -0.4 is 0 Å². The summed E-state index contributed by atoms with van der Waals surface area (Å²) in [5.41, 5.74) is 0. The summed E-state index contributed by atoms with van der Waals surface area (Å²) < 4.78 is 28.0. The van der Waals surface area contributed by atoms with E-state index >= 15 is 0 Å². The quantitative estimate of drug-likeness (QED) is 0.640. The SMILES string of the molecule is CCCC(COCC1CCCC(C)C1)CS(=O)(=O)Cl. The van der Waals surface area contributed by atoms with Crippen molar-refractivity contribution in [3.8, 4) is 0 Å². The topological polar surface area (TPSA) is 43.4 Å². The summed E-state index contributed by atoms with van der Waals surface area (Å²) in [5.74, 6) is 1.52. The number of ether oxygens (including phenoxy) is 1. The summed E-state index contributed by atoms with van der Waals surface area (Å²) in [6.45, 7) is 5.64. The fourth-order valence-corrected chi connectivity index (χ4v) is 4.38. The van der Waals surface area contributed by atoms with E-state index in [0.29, 0.717) is 12.5 Å². The molecule has 5 heteroatoms. The van der Waals surface area contributed by atoms with Gasteiger partial charge in [-0.2, -0.15) is 0 Å². The van der Waals surface area contributed by atoms with E-state index in [9.17, 15) is 8.42 Å². The van der Waals surface area contributed by atoms with Gasteiger partial charge in [-0.25, -0.2) is 8.42 Å². The number of hydrogen-bond donors (Lipinski definition) is 0. The molecule has 1 rings (SSSR count). The second-order valence-electron chi connectivity index (χ2n) is 6.04. The van der Waals surface area contributed by atoms with E-state index in [1.165, 1.54) is 25.7 Å². The third-order valence-electron chi connectivity index (χ3n) is 3.88. The first kappa shape index (κ1) is 17.3. The predicted molar refractivity (Wildman–Crippen MR) is 80.0 cm³/mol. The van der Waals surface area contributed by atoms with E-state index in [4.69, 9.17) is 15.4 Å². The molecule has 0 N–H and O–H groups in total. The highest BCUT2D eigenvalue weighted by molar-refractivity contribution is 8.13. The molecule has 0 radical (unpaired) electrons. The molecule has 19 heavy (non-hydrogen) atoms. The van der Waals surface area contributed by atoms with Crippen molar-refractivity contribution in [2.45, 2.75) is 52.4 Å². The van der Waals surface area contributed by atoms with Crippen LogP contribution in [-0.2, 0) is 13.8 Å². The summed E-state index contributed by atoms with van der Waals surface area (Å²) in [6.07, 6.45) is 6.93. The largest absolute Gasteiger partial charge is 0.381 e. The van der Waals surface area contributed by atoms with Gasteiger partial charge in [0.1, 0.15) is 0 Å². The molecule has 114 valence electrons. The molecule has 1 aliphatic rings. The molecule has 0 heterocycles. The van der Waals surface area contributed by atoms with Gasteiger partial charge in [0.2, 0.25) is 9.05 Å². The molecule has 0 spiro atoms. The molecule has 1 saturated carbocycles. The van der Waals surface area contributed by atoms with Gasteiger partial charge in [0.05, 0.1) is 12.4 Å². The van der Waals surface area contributed by atoms with Crippen molar-refractivity contribution in [1.29, 1.82) is 0 Å². The van der Waals surface area contributed by atoms with Crippen molar-refractivity contribution in [2.24, 2.45) is 17.8 Å². The molecule has 3 nitrogen and oxygen atoms in total. The van der Waals surface area contributed by atoms with Crippen molar-refractivity contribution in [2.75, 3.05) is 19.0 Å². The van der Waals surface area contributed by atoms with Crippen LogP contribution in [0.5, 0.6) is 0 Å². The van der Waals surface area contributed by atoms with E-state index in [2.05, 4.69) is 13.8 Å². The van der Waals surface area contributed by atoms with Gasteiger partial charge in [0, 0.05) is 17.3 Å². The molecule has 0 aromatic carbocycles. The minimum atomic E-state index is -3.42. The van der Waals surface area contributed by atoms with E-state index in [0.717, 1.165) is 25.4 Å². The van der Waals surface area contributed by atoms with Gasteiger partial charge in [0.25, 0.3) is 0 Å². The van der Waals surface area contributed by atoms with Gasteiger partial charge in [-0.3, -0.25) is 0 Å². The zero-order valence-electron chi connectivity index (χ0n) is 12.1. The van der Waals surface area contributed by atoms with Crippen LogP contribution in [0.4, 0.5) is 0 Å². The average molecular weight is 311 g/mol. The highest BCUT2D eigenvalue weighted by atomic mass is 35.7. The molecule has 1 aliphatic carbocycles. The Morgan fingerprint density at radius 2 is 2.11 bits per heavy atom. The smallest absolute Gasteiger partial charge is 0.232 e. The molecule has 0 amide bonds. The molecular formula is C14H27ClO3S. The van der Waals surface area contributed by atoms with Crippen LogP contribution in [0.1, 0.15) is 52.4 Å². The van der Waals surface area contributed by atoms with Crippen molar-refractivity contribution >= 4 is 19.7 Å². The van der Waals surface area contributed by atoms with Crippen LogP contribution in [0.25, 0.3) is 0 Å². The van der Waals surface area contributed by atoms with Crippen molar-refractivity contribution in [3.63, 3.8) is 0 Å². The Balaban J connectivity index is 2.27. The Hall–Kier alpha value is 0.200. The van der Waals surface area contributed by atoms with Crippen LogP contribution in [0.3, 0.4) is 0 Å². The van der Waals surface area contributed by atoms with Gasteiger partial charge in [-0.1, -0.05) is 33.1 Å². The monoisotopic (exact) mass is 310 g/mol. The molecule has 0 aliphatic heterocycles. The molecule has 0 aromatic rings. The van der Waals surface area contributed by atoms with E-state index in [-0.39, 0.29) is 11.7 Å². The Morgan fingerprint density at radius 1 is 1.37 bits per heavy atom. The van der Waals surface area contributed by atoms with E-state index in [1.54, 1.807) is 0 Å². The predicted octanol–water partition coefficient (Wildman–Crippen LogP) is 3.81. The zero-order chi connectivity index (χ0) is 14.3. The lowest BCUT2D eigenvalue weighted by molar-refractivity contribution is 0.0560. The normalized spacial score (nSPS) is 26.3. The Morgan fingerprint density at radius 3 is 2.68 bits per heavy atom. The number of halogens is 1. The lowest BCUT2D eigenvalue weighted by Gasteiger charge is -2.27. The third kappa shape index (κ3) is 8.16. The molecule has 3 unspecified atom stereocenters. The summed E-state index contributed by atoms with van der Waals surface area (Å²) >= 11 is 0. The van der Waals surface area contributed by atoms with E-state index in [1.807, 2.05) is 0 Å². The number of hydrogen-bond acceptors (Lipinski definition) is 3. The first-order valence-electron chi connectivity index (χ1n) is 7.40. The van der Waals surface area contributed by atoms with Gasteiger partial charge in [-0.15, -0.1) is 0 Å². The summed E-state index contributed by atoms with van der Waals surface area (Å²) in [6, 6.07) is 0. The zero-order valence-corrected chi connectivity index (χ0v) is 13.7. The lowest BCUT2D eigenvalue weighted by atomic mass is 9.83. The van der Waals surface area contributed by atoms with Gasteiger partial charge in [-0.05, 0) is 37.0 Å². The van der Waals surface area contributed by atoms with Crippen molar-refractivity contribution < 1.29 is 13.2 Å². The minimum Gasteiger partial charge on any atom is -0.381 e. The summed E-state index contributed by atoms with van der Waals surface area (Å²) in [7, 11) is 1.91. The van der Waals surface area contributed by atoms with Crippen molar-refractivity contribution in [3.05, 3.63) is 0 Å². The molecule has 1 fully saturated rings. The molecule has 0 aromatic heterocycles. The maximum absolute atomic E-state index is 11.1.